The van der Waals surface area contributed by atoms with Gasteiger partial charge in [-0.2, -0.15) is 0 Å². The van der Waals surface area contributed by atoms with Crippen molar-refractivity contribution >= 4 is 40.7 Å². The number of aliphatic hydroxyl groups excluding tert-OH is 1. The molecule has 198 valence electrons. The van der Waals surface area contributed by atoms with Crippen LogP contribution in [0, 0.1) is 5.82 Å². The number of likely N-dealkylation sites (tertiary alicyclic amines) is 1. The Labute approximate surface area is 230 Å². The van der Waals surface area contributed by atoms with E-state index in [1.807, 2.05) is 13.8 Å². The molecule has 1 fully saturated rings. The Morgan fingerprint density at radius 1 is 1.05 bits per heavy atom. The summed E-state index contributed by atoms with van der Waals surface area (Å²) in [6, 6.07) is 14.9. The van der Waals surface area contributed by atoms with Crippen molar-refractivity contribution < 1.29 is 28.6 Å². The van der Waals surface area contributed by atoms with E-state index in [0.29, 0.717) is 17.7 Å². The van der Waals surface area contributed by atoms with E-state index in [9.17, 15) is 19.1 Å². The van der Waals surface area contributed by atoms with E-state index in [0.717, 1.165) is 5.56 Å². The highest BCUT2D eigenvalue weighted by Crippen LogP contribution is 2.42. The Balaban J connectivity index is 1.82. The predicted octanol–water partition coefficient (Wildman–Crippen LogP) is 6.59. The molecule has 1 N–H and O–H groups in total. The maximum Gasteiger partial charge on any atom is 0.295 e. The average Bonchev–Trinajstić information content (AvgIpc) is 3.12. The zero-order valence-electron chi connectivity index (χ0n) is 21.0. The van der Waals surface area contributed by atoms with E-state index < -0.39 is 23.5 Å². The second-order valence-corrected chi connectivity index (χ2v) is 9.90. The van der Waals surface area contributed by atoms with Gasteiger partial charge in [0, 0.05) is 12.1 Å². The highest BCUT2D eigenvalue weighted by Gasteiger charge is 2.46. The lowest BCUT2D eigenvalue weighted by Crippen LogP contribution is -2.31. The van der Waals surface area contributed by atoms with Crippen LogP contribution in [0.5, 0.6) is 11.5 Å². The number of ether oxygens (including phenoxy) is 2. The maximum absolute atomic E-state index is 13.4. The molecule has 3 aromatic carbocycles. The van der Waals surface area contributed by atoms with Crippen LogP contribution >= 0.6 is 23.2 Å². The van der Waals surface area contributed by atoms with Crippen molar-refractivity contribution in [2.45, 2.75) is 32.4 Å². The lowest BCUT2D eigenvalue weighted by atomic mass is 9.95. The topological polar surface area (TPSA) is 76.1 Å². The van der Waals surface area contributed by atoms with E-state index in [1.165, 1.54) is 36.3 Å². The molecule has 1 amide bonds. The molecule has 1 aliphatic heterocycles. The number of nitrogens with zero attached hydrogens (tertiary/aromatic N) is 1. The summed E-state index contributed by atoms with van der Waals surface area (Å²) in [5, 5.41) is 11.6. The van der Waals surface area contributed by atoms with Gasteiger partial charge in [0.1, 0.15) is 17.3 Å². The molecule has 1 unspecified atom stereocenters. The molecule has 9 heteroatoms. The fraction of sp³-hybridized carbons (Fsp3) is 0.241. The van der Waals surface area contributed by atoms with Crippen molar-refractivity contribution in [1.82, 2.24) is 4.90 Å². The van der Waals surface area contributed by atoms with Crippen LogP contribution in [0.4, 0.5) is 4.39 Å². The van der Waals surface area contributed by atoms with Crippen LogP contribution in [0.25, 0.3) is 5.76 Å². The first-order valence-corrected chi connectivity index (χ1v) is 12.7. The second kappa shape index (κ2) is 11.5. The van der Waals surface area contributed by atoms with Gasteiger partial charge in [-0.15, -0.1) is 0 Å². The van der Waals surface area contributed by atoms with Gasteiger partial charge in [-0.25, -0.2) is 4.39 Å². The molecule has 6 nitrogen and oxygen atoms in total. The SMILES string of the molecule is COc1c(Cl)cc(/C(O)=C2\C(=O)C(=O)N(CCc3ccc(F)cc3)C2c2cccc(OC(C)C)c2)cc1Cl. The Hall–Kier alpha value is -3.55. The summed E-state index contributed by atoms with van der Waals surface area (Å²) in [7, 11) is 1.41. The molecule has 38 heavy (non-hydrogen) atoms. The Kier molecular flexibility index (Phi) is 8.29. The number of hydrogen-bond donors (Lipinski definition) is 1. The first-order valence-electron chi connectivity index (χ1n) is 11.9. The van der Waals surface area contributed by atoms with Crippen molar-refractivity contribution in [3.05, 3.63) is 98.8 Å². The number of carbonyl (C=O) groups excluding carboxylic acids is 2. The van der Waals surface area contributed by atoms with Crippen LogP contribution < -0.4 is 9.47 Å². The number of Topliss-reactive ketones (excluding diaryl/α,β-unsaturated/α-hetero) is 1. The number of amides is 1. The van der Waals surface area contributed by atoms with Gasteiger partial charge in [-0.05, 0) is 67.8 Å². The summed E-state index contributed by atoms with van der Waals surface area (Å²) in [6.07, 6.45) is 0.269. The van der Waals surface area contributed by atoms with Crippen LogP contribution in [-0.4, -0.2) is 41.5 Å². The van der Waals surface area contributed by atoms with Gasteiger partial charge in [0.25, 0.3) is 11.7 Å². The summed E-state index contributed by atoms with van der Waals surface area (Å²) < 4.78 is 24.4. The molecule has 0 aromatic heterocycles. The van der Waals surface area contributed by atoms with E-state index in [1.54, 1.807) is 36.4 Å². The van der Waals surface area contributed by atoms with Crippen LogP contribution in [0.1, 0.15) is 36.6 Å². The normalized spacial score (nSPS) is 16.8. The fourth-order valence-corrected chi connectivity index (χ4v) is 5.08. The molecule has 0 bridgehead atoms. The number of halogens is 3. The highest BCUT2D eigenvalue weighted by molar-refractivity contribution is 6.46. The Morgan fingerprint density at radius 3 is 2.32 bits per heavy atom. The largest absolute Gasteiger partial charge is 0.507 e. The molecule has 1 atom stereocenters. The van der Waals surface area contributed by atoms with Gasteiger partial charge in [-0.3, -0.25) is 9.59 Å². The average molecular weight is 558 g/mol. The monoisotopic (exact) mass is 557 g/mol. The third-order valence-corrected chi connectivity index (χ3v) is 6.68. The highest BCUT2D eigenvalue weighted by atomic mass is 35.5. The molecular formula is C29H26Cl2FNO5. The number of aliphatic hydroxyl groups is 1. The fourth-order valence-electron chi connectivity index (χ4n) is 4.44. The lowest BCUT2D eigenvalue weighted by Gasteiger charge is -2.26. The smallest absolute Gasteiger partial charge is 0.295 e. The van der Waals surface area contributed by atoms with Crippen molar-refractivity contribution in [3.63, 3.8) is 0 Å². The molecular weight excluding hydrogens is 532 g/mol. The minimum absolute atomic E-state index is 0.0985. The minimum Gasteiger partial charge on any atom is -0.507 e. The molecule has 0 aliphatic carbocycles. The molecule has 0 saturated carbocycles. The number of benzene rings is 3. The van der Waals surface area contributed by atoms with Crippen molar-refractivity contribution in [1.29, 1.82) is 0 Å². The van der Waals surface area contributed by atoms with Crippen LogP contribution in [0.15, 0.2) is 66.2 Å². The van der Waals surface area contributed by atoms with Crippen molar-refractivity contribution in [2.24, 2.45) is 0 Å². The molecule has 0 radical (unpaired) electrons. The molecule has 3 aromatic rings. The minimum atomic E-state index is -0.911. The summed E-state index contributed by atoms with van der Waals surface area (Å²) in [5.74, 6) is -1.62. The van der Waals surface area contributed by atoms with E-state index in [2.05, 4.69) is 0 Å². The van der Waals surface area contributed by atoms with Crippen LogP contribution in [0.2, 0.25) is 10.0 Å². The lowest BCUT2D eigenvalue weighted by molar-refractivity contribution is -0.139. The van der Waals surface area contributed by atoms with Gasteiger partial charge < -0.3 is 19.5 Å². The standard InChI is InChI=1S/C29H26Cl2FNO5/c1-16(2)38-21-6-4-5-18(13-21)25-24(26(34)19-14-22(30)28(37-3)23(31)15-19)27(35)29(36)33(25)12-11-17-7-9-20(32)10-8-17/h4-10,13-16,25,34H,11-12H2,1-3H3/b26-24+. The molecule has 4 rings (SSSR count). The first-order chi connectivity index (χ1) is 18.1. The summed E-state index contributed by atoms with van der Waals surface area (Å²) in [6.45, 7) is 3.92. The number of hydrogen-bond acceptors (Lipinski definition) is 5. The zero-order valence-corrected chi connectivity index (χ0v) is 22.5. The Morgan fingerprint density at radius 2 is 1.71 bits per heavy atom. The predicted molar refractivity (Wildman–Crippen MR) is 144 cm³/mol. The summed E-state index contributed by atoms with van der Waals surface area (Å²) in [5.41, 5.74) is 1.43. The molecule has 1 heterocycles. The maximum atomic E-state index is 13.4. The number of ketones is 1. The quantitative estimate of drug-likeness (QED) is 0.192. The van der Waals surface area contributed by atoms with Crippen LogP contribution in [0.3, 0.4) is 0 Å². The molecule has 0 spiro atoms. The van der Waals surface area contributed by atoms with Crippen LogP contribution in [-0.2, 0) is 16.0 Å². The van der Waals surface area contributed by atoms with E-state index in [4.69, 9.17) is 32.7 Å². The zero-order chi connectivity index (χ0) is 27.6. The van der Waals surface area contributed by atoms with Gasteiger partial charge in [0.15, 0.2) is 5.75 Å². The van der Waals surface area contributed by atoms with Gasteiger partial charge in [-0.1, -0.05) is 47.5 Å². The molecule has 1 saturated heterocycles. The van der Waals surface area contributed by atoms with Gasteiger partial charge >= 0.3 is 0 Å². The number of methoxy groups -OCH3 is 1. The molecule has 1 aliphatic rings. The van der Waals surface area contributed by atoms with Gasteiger partial charge in [0.05, 0.1) is 34.9 Å². The van der Waals surface area contributed by atoms with Crippen molar-refractivity contribution in [3.8, 4) is 11.5 Å². The first kappa shape index (κ1) is 27.5. The van der Waals surface area contributed by atoms with Crippen molar-refractivity contribution in [2.75, 3.05) is 13.7 Å². The number of rotatable bonds is 8. The Bertz CT molecular complexity index is 1380. The third kappa shape index (κ3) is 5.64. The van der Waals surface area contributed by atoms with E-state index >= 15 is 0 Å². The summed E-state index contributed by atoms with van der Waals surface area (Å²) in [4.78, 5) is 28.0. The van der Waals surface area contributed by atoms with Gasteiger partial charge in [0.2, 0.25) is 0 Å². The third-order valence-electron chi connectivity index (χ3n) is 6.12. The van der Waals surface area contributed by atoms with E-state index in [-0.39, 0.29) is 45.4 Å². The summed E-state index contributed by atoms with van der Waals surface area (Å²) >= 11 is 12.6. The second-order valence-electron chi connectivity index (χ2n) is 9.08. The number of carbonyl (C=O) groups is 2.